The largest absolute Gasteiger partial charge is 0.316 e. The lowest BCUT2D eigenvalue weighted by molar-refractivity contribution is 0.246. The van der Waals surface area contributed by atoms with Crippen LogP contribution in [0.3, 0.4) is 0 Å². The van der Waals surface area contributed by atoms with Crippen LogP contribution >= 0.6 is 11.3 Å². The fourth-order valence-corrected chi connectivity index (χ4v) is 3.88. The van der Waals surface area contributed by atoms with Gasteiger partial charge in [-0.05, 0) is 23.5 Å². The number of nitrogens with one attached hydrogen (secondary N) is 1. The number of fused-ring (bicyclic) bond motifs is 1. The van der Waals surface area contributed by atoms with Crippen LogP contribution in [0.4, 0.5) is 0 Å². The minimum absolute atomic E-state index is 0.0705. The van der Waals surface area contributed by atoms with Crippen LogP contribution in [0.25, 0.3) is 0 Å². The molecular weight excluding hydrogens is 268 g/mol. The molecule has 3 rings (SSSR count). The van der Waals surface area contributed by atoms with E-state index < -0.39 is 0 Å². The molecule has 1 N–H and O–H groups in total. The first-order valence-corrected chi connectivity index (χ1v) is 7.96. The summed E-state index contributed by atoms with van der Waals surface area (Å²) in [6, 6.07) is 8.66. The highest BCUT2D eigenvalue weighted by atomic mass is 32.1. The van der Waals surface area contributed by atoms with Crippen LogP contribution in [-0.2, 0) is 19.5 Å². The van der Waals surface area contributed by atoms with Crippen LogP contribution in [0.1, 0.15) is 41.5 Å². The van der Waals surface area contributed by atoms with Crippen LogP contribution in [0, 0.1) is 0 Å². The van der Waals surface area contributed by atoms with Gasteiger partial charge in [-0.1, -0.05) is 49.4 Å². The number of rotatable bonds is 3. The Bertz CT molecular complexity index is 656. The summed E-state index contributed by atoms with van der Waals surface area (Å²) >= 11 is 1.36. The zero-order valence-electron chi connectivity index (χ0n) is 12.0. The lowest BCUT2D eigenvalue weighted by atomic mass is 10.00. The number of hydrogen-bond donors (Lipinski definition) is 1. The summed E-state index contributed by atoms with van der Waals surface area (Å²) in [7, 11) is 0. The molecule has 0 bridgehead atoms. The molecule has 1 aliphatic heterocycles. The van der Waals surface area contributed by atoms with Crippen molar-refractivity contribution in [3.63, 3.8) is 0 Å². The van der Waals surface area contributed by atoms with E-state index in [0.29, 0.717) is 5.92 Å². The minimum atomic E-state index is 0.0705. The molecule has 0 saturated carbocycles. The number of aromatic amines is 1. The first-order valence-electron chi connectivity index (χ1n) is 7.14. The van der Waals surface area contributed by atoms with E-state index in [1.165, 1.54) is 27.3 Å². The second-order valence-corrected chi connectivity index (χ2v) is 6.80. The van der Waals surface area contributed by atoms with E-state index in [1.807, 2.05) is 0 Å². The van der Waals surface area contributed by atoms with Crippen molar-refractivity contribution in [3.8, 4) is 0 Å². The lowest BCUT2D eigenvalue weighted by Crippen LogP contribution is -2.30. The SMILES string of the molecule is CC(C)c1[nH]c(=O)sc1CN1CCc2ccccc2C1. The van der Waals surface area contributed by atoms with Crippen molar-refractivity contribution in [1.29, 1.82) is 0 Å². The standard InChI is InChI=1S/C16H20N2OS/c1-11(2)15-14(20-16(19)17-15)10-18-8-7-12-5-3-4-6-13(12)9-18/h3-6,11H,7-10H2,1-2H3,(H,17,19). The van der Waals surface area contributed by atoms with E-state index in [1.54, 1.807) is 0 Å². The first kappa shape index (κ1) is 13.6. The van der Waals surface area contributed by atoms with Crippen molar-refractivity contribution in [3.05, 3.63) is 55.6 Å². The number of H-pyrrole nitrogens is 1. The van der Waals surface area contributed by atoms with Gasteiger partial charge in [0.2, 0.25) is 0 Å². The van der Waals surface area contributed by atoms with E-state index in [-0.39, 0.29) is 4.87 Å². The lowest BCUT2D eigenvalue weighted by Gasteiger charge is -2.28. The Balaban J connectivity index is 1.78. The highest BCUT2D eigenvalue weighted by molar-refractivity contribution is 7.09. The van der Waals surface area contributed by atoms with E-state index >= 15 is 0 Å². The van der Waals surface area contributed by atoms with Crippen molar-refractivity contribution >= 4 is 11.3 Å². The van der Waals surface area contributed by atoms with Gasteiger partial charge in [0.05, 0.1) is 0 Å². The molecule has 0 unspecified atom stereocenters. The molecule has 1 aromatic heterocycles. The summed E-state index contributed by atoms with van der Waals surface area (Å²) < 4.78 is 0. The Labute approximate surface area is 123 Å². The Hall–Kier alpha value is -1.39. The number of thiazole rings is 1. The zero-order valence-corrected chi connectivity index (χ0v) is 12.8. The summed E-state index contributed by atoms with van der Waals surface area (Å²) in [5, 5.41) is 0. The van der Waals surface area contributed by atoms with Crippen LogP contribution in [0.2, 0.25) is 0 Å². The molecule has 20 heavy (non-hydrogen) atoms. The van der Waals surface area contributed by atoms with Gasteiger partial charge in [-0.25, -0.2) is 0 Å². The summed E-state index contributed by atoms with van der Waals surface area (Å²) in [5.74, 6) is 0.376. The fraction of sp³-hybridized carbons (Fsp3) is 0.438. The summed E-state index contributed by atoms with van der Waals surface area (Å²) in [6.07, 6.45) is 1.10. The molecule has 4 heteroatoms. The Morgan fingerprint density at radius 2 is 2.05 bits per heavy atom. The molecule has 0 aliphatic carbocycles. The monoisotopic (exact) mass is 288 g/mol. The molecule has 0 amide bonds. The van der Waals surface area contributed by atoms with Gasteiger partial charge in [0, 0.05) is 30.2 Å². The Morgan fingerprint density at radius 3 is 2.80 bits per heavy atom. The predicted octanol–water partition coefficient (Wildman–Crippen LogP) is 3.12. The van der Waals surface area contributed by atoms with Gasteiger partial charge in [0.1, 0.15) is 0 Å². The van der Waals surface area contributed by atoms with E-state index in [9.17, 15) is 4.79 Å². The maximum Gasteiger partial charge on any atom is 0.304 e. The van der Waals surface area contributed by atoms with Crippen molar-refractivity contribution in [2.45, 2.75) is 39.3 Å². The summed E-state index contributed by atoms with van der Waals surface area (Å²) in [6.45, 7) is 7.20. The third kappa shape index (κ3) is 2.72. The Kier molecular flexibility index (Phi) is 3.76. The molecular formula is C16H20N2OS. The smallest absolute Gasteiger partial charge is 0.304 e. The fourth-order valence-electron chi connectivity index (χ4n) is 2.85. The summed E-state index contributed by atoms with van der Waals surface area (Å²) in [5.41, 5.74) is 4.00. The molecule has 0 fully saturated rings. The van der Waals surface area contributed by atoms with Gasteiger partial charge in [-0.2, -0.15) is 0 Å². The van der Waals surface area contributed by atoms with Gasteiger partial charge in [-0.3, -0.25) is 9.69 Å². The Morgan fingerprint density at radius 1 is 1.30 bits per heavy atom. The number of nitrogens with zero attached hydrogens (tertiary/aromatic N) is 1. The molecule has 2 heterocycles. The number of benzene rings is 1. The van der Waals surface area contributed by atoms with Crippen molar-refractivity contribution in [1.82, 2.24) is 9.88 Å². The average Bonchev–Trinajstić information content (AvgIpc) is 2.80. The van der Waals surface area contributed by atoms with Gasteiger partial charge >= 0.3 is 4.87 Å². The topological polar surface area (TPSA) is 36.1 Å². The second kappa shape index (κ2) is 5.54. The molecule has 2 aromatic rings. The van der Waals surface area contributed by atoms with Crippen molar-refractivity contribution < 1.29 is 0 Å². The maximum atomic E-state index is 11.6. The van der Waals surface area contributed by atoms with E-state index in [2.05, 4.69) is 48.0 Å². The minimum Gasteiger partial charge on any atom is -0.316 e. The number of aromatic nitrogens is 1. The van der Waals surface area contributed by atoms with Crippen molar-refractivity contribution in [2.24, 2.45) is 0 Å². The van der Waals surface area contributed by atoms with E-state index in [4.69, 9.17) is 0 Å². The third-order valence-electron chi connectivity index (χ3n) is 3.91. The third-order valence-corrected chi connectivity index (χ3v) is 4.79. The summed E-state index contributed by atoms with van der Waals surface area (Å²) in [4.78, 5) is 18.3. The molecule has 0 radical (unpaired) electrons. The highest BCUT2D eigenvalue weighted by Gasteiger charge is 2.19. The molecule has 106 valence electrons. The molecule has 3 nitrogen and oxygen atoms in total. The van der Waals surface area contributed by atoms with Gasteiger partial charge in [0.25, 0.3) is 0 Å². The van der Waals surface area contributed by atoms with Crippen LogP contribution < -0.4 is 4.87 Å². The zero-order chi connectivity index (χ0) is 14.1. The van der Waals surface area contributed by atoms with Crippen LogP contribution in [0.15, 0.2) is 29.1 Å². The first-order chi connectivity index (χ1) is 9.63. The normalized spacial score (nSPS) is 15.6. The molecule has 0 saturated heterocycles. The molecule has 0 atom stereocenters. The van der Waals surface area contributed by atoms with Gasteiger partial charge in [-0.15, -0.1) is 0 Å². The van der Waals surface area contributed by atoms with Gasteiger partial charge < -0.3 is 4.98 Å². The second-order valence-electron chi connectivity index (χ2n) is 5.74. The average molecular weight is 288 g/mol. The van der Waals surface area contributed by atoms with Crippen LogP contribution in [-0.4, -0.2) is 16.4 Å². The van der Waals surface area contributed by atoms with Crippen molar-refractivity contribution in [2.75, 3.05) is 6.54 Å². The quantitative estimate of drug-likeness (QED) is 0.942. The predicted molar refractivity (Wildman–Crippen MR) is 83.3 cm³/mol. The number of hydrogen-bond acceptors (Lipinski definition) is 3. The van der Waals surface area contributed by atoms with E-state index in [0.717, 1.165) is 31.7 Å². The molecule has 0 spiro atoms. The van der Waals surface area contributed by atoms with Gasteiger partial charge in [0.15, 0.2) is 0 Å². The van der Waals surface area contributed by atoms with Crippen LogP contribution in [0.5, 0.6) is 0 Å². The maximum absolute atomic E-state index is 11.6. The molecule has 1 aromatic carbocycles. The highest BCUT2D eigenvalue weighted by Crippen LogP contribution is 2.24. The molecule has 1 aliphatic rings.